The third-order valence-electron chi connectivity index (χ3n) is 2.85. The van der Waals surface area contributed by atoms with Gasteiger partial charge in [-0.2, -0.15) is 0 Å². The van der Waals surface area contributed by atoms with Crippen molar-refractivity contribution in [3.05, 3.63) is 66.2 Å². The third kappa shape index (κ3) is 2.33. The summed E-state index contributed by atoms with van der Waals surface area (Å²) in [4.78, 5) is 11.2. The van der Waals surface area contributed by atoms with Crippen LogP contribution in [0.15, 0.2) is 55.1 Å². The zero-order chi connectivity index (χ0) is 13.1. The predicted octanol–water partition coefficient (Wildman–Crippen LogP) is 4.08. The van der Waals surface area contributed by atoms with E-state index in [0.717, 1.165) is 22.3 Å². The first-order chi connectivity index (χ1) is 8.59. The van der Waals surface area contributed by atoms with Crippen molar-refractivity contribution in [3.63, 3.8) is 0 Å². The second-order valence-corrected chi connectivity index (χ2v) is 4.21. The lowest BCUT2D eigenvalue weighted by molar-refractivity contribution is 0.0697. The van der Waals surface area contributed by atoms with Crippen molar-refractivity contribution in [1.82, 2.24) is 0 Å². The quantitative estimate of drug-likeness (QED) is 0.874. The molecule has 2 rings (SSSR count). The van der Waals surface area contributed by atoms with Crippen molar-refractivity contribution in [2.75, 3.05) is 0 Å². The van der Waals surface area contributed by atoms with Crippen LogP contribution in [0.3, 0.4) is 0 Å². The van der Waals surface area contributed by atoms with E-state index < -0.39 is 5.97 Å². The summed E-state index contributed by atoms with van der Waals surface area (Å²) < 4.78 is 0. The predicted molar refractivity (Wildman–Crippen MR) is 73.5 cm³/mol. The summed E-state index contributed by atoms with van der Waals surface area (Å²) in [5.41, 5.74) is 4.01. The molecule has 0 fully saturated rings. The third-order valence-corrected chi connectivity index (χ3v) is 2.85. The molecule has 0 radical (unpaired) electrons. The number of aromatic carboxylic acids is 1. The molecule has 2 heteroatoms. The molecular weight excluding hydrogens is 224 g/mol. The minimum atomic E-state index is -0.908. The standard InChI is InChI=1S/C16H14O2/c1-11(2)12-7-9-13(10-8-12)14-5-3-4-6-15(14)16(17)18/h3-10H,1H2,2H3,(H,17,18). The molecule has 0 aliphatic heterocycles. The summed E-state index contributed by atoms with van der Waals surface area (Å²) in [7, 11) is 0. The van der Waals surface area contributed by atoms with Crippen molar-refractivity contribution in [2.24, 2.45) is 0 Å². The van der Waals surface area contributed by atoms with E-state index in [1.54, 1.807) is 12.1 Å². The fourth-order valence-electron chi connectivity index (χ4n) is 1.86. The molecule has 0 aliphatic carbocycles. The smallest absolute Gasteiger partial charge is 0.336 e. The van der Waals surface area contributed by atoms with Crippen LogP contribution in [-0.4, -0.2) is 11.1 Å². The van der Waals surface area contributed by atoms with E-state index in [1.807, 2.05) is 43.3 Å². The van der Waals surface area contributed by atoms with Gasteiger partial charge in [0, 0.05) is 0 Å². The first-order valence-corrected chi connectivity index (χ1v) is 5.68. The molecular formula is C16H14O2. The Kier molecular flexibility index (Phi) is 3.28. The normalized spacial score (nSPS) is 10.1. The van der Waals surface area contributed by atoms with E-state index in [1.165, 1.54) is 0 Å². The molecule has 2 aromatic rings. The molecule has 0 unspecified atom stereocenters. The van der Waals surface area contributed by atoms with Gasteiger partial charge < -0.3 is 5.11 Å². The summed E-state index contributed by atoms with van der Waals surface area (Å²) in [6, 6.07) is 14.8. The lowest BCUT2D eigenvalue weighted by Crippen LogP contribution is -1.98. The molecule has 1 N–H and O–H groups in total. The van der Waals surface area contributed by atoms with Crippen LogP contribution >= 0.6 is 0 Å². The van der Waals surface area contributed by atoms with Crippen LogP contribution in [0.4, 0.5) is 0 Å². The zero-order valence-corrected chi connectivity index (χ0v) is 10.2. The topological polar surface area (TPSA) is 37.3 Å². The minimum absolute atomic E-state index is 0.320. The Morgan fingerprint density at radius 3 is 2.22 bits per heavy atom. The highest BCUT2D eigenvalue weighted by atomic mass is 16.4. The summed E-state index contributed by atoms with van der Waals surface area (Å²) in [6.45, 7) is 5.82. The molecule has 2 aromatic carbocycles. The van der Waals surface area contributed by atoms with Gasteiger partial charge in [0.1, 0.15) is 0 Å². The Morgan fingerprint density at radius 2 is 1.67 bits per heavy atom. The van der Waals surface area contributed by atoms with E-state index in [2.05, 4.69) is 6.58 Å². The Balaban J connectivity index is 2.49. The fourth-order valence-corrected chi connectivity index (χ4v) is 1.86. The highest BCUT2D eigenvalue weighted by molar-refractivity contribution is 5.96. The first-order valence-electron chi connectivity index (χ1n) is 5.68. The van der Waals surface area contributed by atoms with Crippen LogP contribution in [0.2, 0.25) is 0 Å². The largest absolute Gasteiger partial charge is 0.478 e. The molecule has 0 aromatic heterocycles. The van der Waals surface area contributed by atoms with Gasteiger partial charge in [-0.15, -0.1) is 0 Å². The van der Waals surface area contributed by atoms with Gasteiger partial charge in [0.2, 0.25) is 0 Å². The first kappa shape index (κ1) is 12.1. The van der Waals surface area contributed by atoms with Crippen LogP contribution in [0.25, 0.3) is 16.7 Å². The summed E-state index contributed by atoms with van der Waals surface area (Å²) in [5.74, 6) is -0.908. The zero-order valence-electron chi connectivity index (χ0n) is 10.2. The van der Waals surface area contributed by atoms with Crippen LogP contribution in [0.1, 0.15) is 22.8 Å². The molecule has 0 spiro atoms. The minimum Gasteiger partial charge on any atom is -0.478 e. The van der Waals surface area contributed by atoms with Gasteiger partial charge in [-0.25, -0.2) is 4.79 Å². The highest BCUT2D eigenvalue weighted by Crippen LogP contribution is 2.25. The van der Waals surface area contributed by atoms with Gasteiger partial charge in [0.25, 0.3) is 0 Å². The molecule has 2 nitrogen and oxygen atoms in total. The van der Waals surface area contributed by atoms with Gasteiger partial charge in [-0.05, 0) is 29.7 Å². The van der Waals surface area contributed by atoms with E-state index in [9.17, 15) is 4.79 Å². The Morgan fingerprint density at radius 1 is 1.06 bits per heavy atom. The maximum absolute atomic E-state index is 11.2. The van der Waals surface area contributed by atoms with Crippen molar-refractivity contribution in [3.8, 4) is 11.1 Å². The number of carboxylic acid groups (broad SMARTS) is 1. The molecule has 90 valence electrons. The Labute approximate surface area is 106 Å². The van der Waals surface area contributed by atoms with Gasteiger partial charge in [0.15, 0.2) is 0 Å². The molecule has 0 amide bonds. The maximum atomic E-state index is 11.2. The lowest BCUT2D eigenvalue weighted by atomic mass is 9.98. The van der Waals surface area contributed by atoms with Crippen LogP contribution in [-0.2, 0) is 0 Å². The number of hydrogen-bond donors (Lipinski definition) is 1. The Hall–Kier alpha value is -2.35. The number of allylic oxidation sites excluding steroid dienone is 1. The van der Waals surface area contributed by atoms with Gasteiger partial charge in [-0.1, -0.05) is 54.6 Å². The average Bonchev–Trinajstić information content (AvgIpc) is 2.39. The highest BCUT2D eigenvalue weighted by Gasteiger charge is 2.10. The van der Waals surface area contributed by atoms with E-state index >= 15 is 0 Å². The van der Waals surface area contributed by atoms with Gasteiger partial charge >= 0.3 is 5.97 Å². The van der Waals surface area contributed by atoms with Crippen molar-refractivity contribution >= 4 is 11.5 Å². The van der Waals surface area contributed by atoms with Crippen molar-refractivity contribution in [1.29, 1.82) is 0 Å². The number of carbonyl (C=O) groups is 1. The van der Waals surface area contributed by atoms with Crippen molar-refractivity contribution in [2.45, 2.75) is 6.92 Å². The van der Waals surface area contributed by atoms with Gasteiger partial charge in [-0.3, -0.25) is 0 Å². The molecule has 0 saturated carbocycles. The maximum Gasteiger partial charge on any atom is 0.336 e. The number of rotatable bonds is 3. The van der Waals surface area contributed by atoms with Gasteiger partial charge in [0.05, 0.1) is 5.56 Å². The molecule has 0 heterocycles. The van der Waals surface area contributed by atoms with Crippen LogP contribution in [0.5, 0.6) is 0 Å². The molecule has 0 atom stereocenters. The monoisotopic (exact) mass is 238 g/mol. The summed E-state index contributed by atoms with van der Waals surface area (Å²) in [5, 5.41) is 9.16. The molecule has 0 bridgehead atoms. The van der Waals surface area contributed by atoms with E-state index in [-0.39, 0.29) is 0 Å². The average molecular weight is 238 g/mol. The van der Waals surface area contributed by atoms with Crippen molar-refractivity contribution < 1.29 is 9.90 Å². The molecule has 0 saturated heterocycles. The van der Waals surface area contributed by atoms with Crippen LogP contribution < -0.4 is 0 Å². The van der Waals surface area contributed by atoms with E-state index in [4.69, 9.17) is 5.11 Å². The fraction of sp³-hybridized carbons (Fsp3) is 0.0625. The summed E-state index contributed by atoms with van der Waals surface area (Å²) >= 11 is 0. The Bertz CT molecular complexity index is 595. The molecule has 18 heavy (non-hydrogen) atoms. The summed E-state index contributed by atoms with van der Waals surface area (Å²) in [6.07, 6.45) is 0. The number of hydrogen-bond acceptors (Lipinski definition) is 1. The van der Waals surface area contributed by atoms with Crippen LogP contribution in [0, 0.1) is 0 Å². The SMILES string of the molecule is C=C(C)c1ccc(-c2ccccc2C(=O)O)cc1. The van der Waals surface area contributed by atoms with E-state index in [0.29, 0.717) is 5.56 Å². The number of carboxylic acids is 1. The second kappa shape index (κ2) is 4.88. The molecule has 0 aliphatic rings. The lowest BCUT2D eigenvalue weighted by Gasteiger charge is -2.07. The second-order valence-electron chi connectivity index (χ2n) is 4.21. The number of benzene rings is 2.